The van der Waals surface area contributed by atoms with Crippen molar-refractivity contribution in [1.82, 2.24) is 0 Å². The van der Waals surface area contributed by atoms with Crippen molar-refractivity contribution in [2.24, 2.45) is 0 Å². The molecule has 1 N–H and O–H groups in total. The van der Waals surface area contributed by atoms with Gasteiger partial charge >= 0.3 is 5.97 Å². The normalized spacial score (nSPS) is 17.7. The van der Waals surface area contributed by atoms with Gasteiger partial charge < -0.3 is 9.84 Å². The van der Waals surface area contributed by atoms with E-state index >= 15 is 0 Å². The highest BCUT2D eigenvalue weighted by atomic mass is 32.2. The van der Waals surface area contributed by atoms with Crippen molar-refractivity contribution in [2.45, 2.75) is 49.5 Å². The maximum absolute atomic E-state index is 13.7. The van der Waals surface area contributed by atoms with E-state index in [4.69, 9.17) is 9.84 Å². The number of sulfonamides is 1. The molecule has 0 saturated heterocycles. The summed E-state index contributed by atoms with van der Waals surface area (Å²) in [5.41, 5.74) is 4.58. The van der Waals surface area contributed by atoms with Gasteiger partial charge in [0, 0.05) is 6.42 Å². The second-order valence-corrected chi connectivity index (χ2v) is 11.0. The summed E-state index contributed by atoms with van der Waals surface area (Å²) in [5, 5.41) is 9.11. The molecule has 2 aliphatic rings. The molecule has 0 radical (unpaired) electrons. The molecule has 1 fully saturated rings. The molecule has 0 unspecified atom stereocenters. The maximum Gasteiger partial charge on any atom is 0.303 e. The number of rotatable bonds is 7. The quantitative estimate of drug-likeness (QED) is 0.495. The number of ether oxygens (including phenoxy) is 1. The second kappa shape index (κ2) is 8.80. The summed E-state index contributed by atoms with van der Waals surface area (Å²) >= 11 is 0. The van der Waals surface area contributed by atoms with Crippen LogP contribution in [0.4, 0.5) is 5.69 Å². The molecular formula is C27H27NO5S. The van der Waals surface area contributed by atoms with Crippen LogP contribution in [-0.2, 0) is 14.8 Å². The number of aliphatic carboxylic acids is 1. The molecule has 1 saturated carbocycles. The minimum atomic E-state index is -3.87. The smallest absolute Gasteiger partial charge is 0.303 e. The zero-order valence-corrected chi connectivity index (χ0v) is 19.8. The van der Waals surface area contributed by atoms with Crippen LogP contribution in [0.1, 0.15) is 42.7 Å². The molecule has 1 aliphatic heterocycles. The van der Waals surface area contributed by atoms with Crippen LogP contribution in [-0.4, -0.2) is 32.1 Å². The highest BCUT2D eigenvalue weighted by Crippen LogP contribution is 2.43. The number of carboxylic acids is 1. The van der Waals surface area contributed by atoms with Crippen LogP contribution in [0.3, 0.4) is 0 Å². The minimum Gasteiger partial charge on any atom is -0.486 e. The van der Waals surface area contributed by atoms with Crippen LogP contribution in [0, 0.1) is 6.92 Å². The zero-order chi connectivity index (χ0) is 23.9. The largest absolute Gasteiger partial charge is 0.486 e. The first kappa shape index (κ1) is 22.5. The number of hydrogen-bond donors (Lipinski definition) is 1. The molecule has 5 rings (SSSR count). The highest BCUT2D eigenvalue weighted by molar-refractivity contribution is 7.92. The Morgan fingerprint density at radius 2 is 1.79 bits per heavy atom. The topological polar surface area (TPSA) is 83.9 Å². The molecule has 7 heteroatoms. The minimum absolute atomic E-state index is 0.0577. The van der Waals surface area contributed by atoms with Gasteiger partial charge in [0.15, 0.2) is 0 Å². The van der Waals surface area contributed by atoms with Crippen molar-refractivity contribution in [3.63, 3.8) is 0 Å². The van der Waals surface area contributed by atoms with E-state index in [1.165, 1.54) is 22.7 Å². The van der Waals surface area contributed by atoms with E-state index in [0.717, 1.165) is 16.7 Å². The fourth-order valence-corrected chi connectivity index (χ4v) is 6.05. The summed E-state index contributed by atoms with van der Waals surface area (Å²) in [6, 6.07) is 20.8. The van der Waals surface area contributed by atoms with E-state index in [1.807, 2.05) is 37.3 Å². The third kappa shape index (κ3) is 4.53. The molecule has 3 aromatic carbocycles. The first-order valence-electron chi connectivity index (χ1n) is 11.5. The third-order valence-corrected chi connectivity index (χ3v) is 8.19. The SMILES string of the molecule is Cc1cccc(S(=O)(=O)N2C[C@H](CCC(=O)O)Oc3ccc(-c4cccc(C5CC5)c4)cc32)c1. The van der Waals surface area contributed by atoms with Crippen molar-refractivity contribution < 1.29 is 23.1 Å². The summed E-state index contributed by atoms with van der Waals surface area (Å²) in [4.78, 5) is 11.3. The van der Waals surface area contributed by atoms with Crippen molar-refractivity contribution in [3.8, 4) is 16.9 Å². The number of carboxylic acid groups (broad SMARTS) is 1. The van der Waals surface area contributed by atoms with Crippen LogP contribution in [0.15, 0.2) is 71.6 Å². The van der Waals surface area contributed by atoms with E-state index in [-0.39, 0.29) is 24.3 Å². The molecule has 0 spiro atoms. The maximum atomic E-state index is 13.7. The van der Waals surface area contributed by atoms with Gasteiger partial charge in [0.25, 0.3) is 10.0 Å². The Morgan fingerprint density at radius 3 is 2.53 bits per heavy atom. The zero-order valence-electron chi connectivity index (χ0n) is 19.0. The molecule has 0 aromatic heterocycles. The number of hydrogen-bond acceptors (Lipinski definition) is 4. The Bertz CT molecular complexity index is 1350. The first-order valence-corrected chi connectivity index (χ1v) is 13.0. The average Bonchev–Trinajstić information content (AvgIpc) is 3.67. The van der Waals surface area contributed by atoms with Crippen molar-refractivity contribution >= 4 is 21.7 Å². The fourth-order valence-electron chi connectivity index (χ4n) is 4.45. The predicted octanol–water partition coefficient (Wildman–Crippen LogP) is 5.36. The molecule has 1 atom stereocenters. The lowest BCUT2D eigenvalue weighted by Gasteiger charge is -2.35. The number of carbonyl (C=O) groups is 1. The van der Waals surface area contributed by atoms with Gasteiger partial charge in [-0.15, -0.1) is 0 Å². The summed E-state index contributed by atoms with van der Waals surface area (Å²) < 4.78 is 34.9. The van der Waals surface area contributed by atoms with E-state index in [2.05, 4.69) is 12.1 Å². The van der Waals surface area contributed by atoms with Gasteiger partial charge in [-0.1, -0.05) is 42.5 Å². The lowest BCUT2D eigenvalue weighted by molar-refractivity contribution is -0.137. The van der Waals surface area contributed by atoms with E-state index in [0.29, 0.717) is 17.4 Å². The molecule has 0 bridgehead atoms. The number of aryl methyl sites for hydroxylation is 1. The molecule has 6 nitrogen and oxygen atoms in total. The number of benzene rings is 3. The highest BCUT2D eigenvalue weighted by Gasteiger charge is 2.35. The Morgan fingerprint density at radius 1 is 1.03 bits per heavy atom. The van der Waals surface area contributed by atoms with Crippen molar-refractivity contribution in [2.75, 3.05) is 10.8 Å². The van der Waals surface area contributed by atoms with Gasteiger partial charge in [0.05, 0.1) is 17.1 Å². The van der Waals surface area contributed by atoms with Crippen LogP contribution in [0.25, 0.3) is 11.1 Å². The molecular weight excluding hydrogens is 450 g/mol. The molecule has 0 amide bonds. The van der Waals surface area contributed by atoms with Crippen LogP contribution in [0.2, 0.25) is 0 Å². The fraction of sp³-hybridized carbons (Fsp3) is 0.296. The Labute approximate surface area is 199 Å². The lowest BCUT2D eigenvalue weighted by atomic mass is 10.00. The van der Waals surface area contributed by atoms with Crippen molar-refractivity contribution in [1.29, 1.82) is 0 Å². The van der Waals surface area contributed by atoms with Gasteiger partial charge in [-0.25, -0.2) is 8.42 Å². The molecule has 1 aliphatic carbocycles. The first-order chi connectivity index (χ1) is 16.3. The van der Waals surface area contributed by atoms with Gasteiger partial charge in [-0.3, -0.25) is 9.10 Å². The summed E-state index contributed by atoms with van der Waals surface area (Å²) in [5.74, 6) is 0.127. The van der Waals surface area contributed by atoms with Crippen LogP contribution in [0.5, 0.6) is 5.75 Å². The van der Waals surface area contributed by atoms with Gasteiger partial charge in [-0.2, -0.15) is 0 Å². The predicted molar refractivity (Wildman–Crippen MR) is 131 cm³/mol. The monoisotopic (exact) mass is 477 g/mol. The molecule has 1 heterocycles. The van der Waals surface area contributed by atoms with Crippen molar-refractivity contribution in [3.05, 3.63) is 77.9 Å². The van der Waals surface area contributed by atoms with Gasteiger partial charge in [-0.05, 0) is 78.6 Å². The van der Waals surface area contributed by atoms with E-state index in [9.17, 15) is 13.2 Å². The van der Waals surface area contributed by atoms with Gasteiger partial charge in [0.2, 0.25) is 0 Å². The van der Waals surface area contributed by atoms with E-state index in [1.54, 1.807) is 24.3 Å². The summed E-state index contributed by atoms with van der Waals surface area (Å²) in [6.45, 7) is 1.91. The van der Waals surface area contributed by atoms with E-state index < -0.39 is 22.1 Å². The molecule has 176 valence electrons. The number of anilines is 1. The van der Waals surface area contributed by atoms with Gasteiger partial charge in [0.1, 0.15) is 11.9 Å². The average molecular weight is 478 g/mol. The number of fused-ring (bicyclic) bond motifs is 1. The molecule has 3 aromatic rings. The standard InChI is InChI=1S/C27H27NO5S/c1-18-4-2-7-24(14-18)34(31,32)28-17-23(11-13-27(29)30)33-26-12-10-22(16-25(26)28)21-6-3-5-20(15-21)19-8-9-19/h2-7,10,12,14-16,19,23H,8-9,11,13,17H2,1H3,(H,29,30)/t23-/m0/s1. The van der Waals surface area contributed by atoms with Crippen LogP contribution >= 0.6 is 0 Å². The number of nitrogens with zero attached hydrogens (tertiary/aromatic N) is 1. The Balaban J connectivity index is 1.57. The third-order valence-electron chi connectivity index (χ3n) is 6.42. The Kier molecular flexibility index (Phi) is 5.81. The lowest BCUT2D eigenvalue weighted by Crippen LogP contribution is -2.43. The Hall–Kier alpha value is -3.32. The molecule has 34 heavy (non-hydrogen) atoms. The summed E-state index contributed by atoms with van der Waals surface area (Å²) in [7, 11) is -3.87. The summed E-state index contributed by atoms with van der Waals surface area (Å²) in [6.07, 6.45) is 2.00. The second-order valence-electron chi connectivity index (χ2n) is 9.11. The van der Waals surface area contributed by atoms with Crippen LogP contribution < -0.4 is 9.04 Å².